The van der Waals surface area contributed by atoms with Crippen LogP contribution in [0.5, 0.6) is 6.01 Å². The number of piperazine rings is 1. The Kier molecular flexibility index (Phi) is 7.93. The van der Waals surface area contributed by atoms with Crippen LogP contribution in [0.25, 0.3) is 32.2 Å². The lowest BCUT2D eigenvalue weighted by molar-refractivity contribution is -0.137. The number of alkyl halides is 4. The largest absolute Gasteiger partial charge is 0.461 e. The molecule has 3 atom stereocenters. The van der Waals surface area contributed by atoms with Crippen molar-refractivity contribution in [2.45, 2.75) is 50.1 Å². The number of thiazole rings is 1. The number of nitrogens with zero attached hydrogens (tertiary/aromatic N) is 6. The number of carbonyl (C=O) groups excluding carboxylic acids is 1. The van der Waals surface area contributed by atoms with Crippen molar-refractivity contribution in [3.8, 4) is 17.1 Å². The molecule has 16 heteroatoms. The maximum atomic E-state index is 16.9. The number of carbonyl (C=O) groups is 1. The van der Waals surface area contributed by atoms with Crippen LogP contribution in [0.1, 0.15) is 31.7 Å². The minimum atomic E-state index is -5.06. The highest BCUT2D eigenvalue weighted by Gasteiger charge is 2.49. The van der Waals surface area contributed by atoms with Gasteiger partial charge in [0.15, 0.2) is 10.9 Å². The number of amides is 1. The zero-order valence-electron chi connectivity index (χ0n) is 25.8. The Hall–Kier alpha value is -4.18. The molecule has 7 rings (SSSR count). The van der Waals surface area contributed by atoms with Crippen LogP contribution in [0.3, 0.4) is 0 Å². The monoisotopic (exact) mass is 691 g/mol. The molecule has 2 aromatic carbocycles. The first kappa shape index (κ1) is 32.4. The summed E-state index contributed by atoms with van der Waals surface area (Å²) in [6.07, 6.45) is -3.14. The van der Waals surface area contributed by atoms with Crippen molar-refractivity contribution >= 4 is 49.3 Å². The molecule has 3 aliphatic heterocycles. The van der Waals surface area contributed by atoms with E-state index in [0.29, 0.717) is 13.0 Å². The molecular formula is C32H31F6N7O2S. The summed E-state index contributed by atoms with van der Waals surface area (Å²) in [5.74, 6) is -2.40. The molecule has 5 heterocycles. The zero-order chi connectivity index (χ0) is 34.1. The second kappa shape index (κ2) is 11.8. The molecule has 3 aliphatic rings. The summed E-state index contributed by atoms with van der Waals surface area (Å²) < 4.78 is 96.4. The Morgan fingerprint density at radius 3 is 2.69 bits per heavy atom. The number of nitrogens with two attached hydrogens (primary N) is 1. The van der Waals surface area contributed by atoms with Gasteiger partial charge in [0.25, 0.3) is 0 Å². The van der Waals surface area contributed by atoms with Gasteiger partial charge >= 0.3 is 12.2 Å². The first-order valence-electron chi connectivity index (χ1n) is 15.5. The molecule has 2 N–H and O–H groups in total. The molecule has 48 heavy (non-hydrogen) atoms. The predicted molar refractivity (Wildman–Crippen MR) is 170 cm³/mol. The van der Waals surface area contributed by atoms with Crippen molar-refractivity contribution in [2.24, 2.45) is 0 Å². The molecule has 9 nitrogen and oxygen atoms in total. The van der Waals surface area contributed by atoms with Crippen LogP contribution in [0.4, 0.5) is 37.3 Å². The van der Waals surface area contributed by atoms with Gasteiger partial charge in [-0.3, -0.25) is 9.69 Å². The van der Waals surface area contributed by atoms with Crippen molar-refractivity contribution < 1.29 is 35.9 Å². The zero-order valence-corrected chi connectivity index (χ0v) is 26.6. The molecule has 0 saturated carbocycles. The maximum absolute atomic E-state index is 16.9. The van der Waals surface area contributed by atoms with Crippen LogP contribution in [-0.2, 0) is 11.0 Å². The molecule has 2 aromatic heterocycles. The smallest absolute Gasteiger partial charge is 0.417 e. The van der Waals surface area contributed by atoms with E-state index in [1.165, 1.54) is 6.08 Å². The molecule has 0 unspecified atom stereocenters. The Bertz CT molecular complexity index is 1950. The summed E-state index contributed by atoms with van der Waals surface area (Å²) in [4.78, 5) is 30.5. The van der Waals surface area contributed by atoms with Gasteiger partial charge in [-0.2, -0.15) is 23.1 Å². The molecule has 254 valence electrons. The molecule has 0 spiro atoms. The van der Waals surface area contributed by atoms with Crippen molar-refractivity contribution in [3.63, 3.8) is 0 Å². The molecule has 1 amide bonds. The first-order chi connectivity index (χ1) is 22.8. The van der Waals surface area contributed by atoms with Crippen molar-refractivity contribution in [3.05, 3.63) is 48.1 Å². The van der Waals surface area contributed by atoms with Gasteiger partial charge in [-0.15, -0.1) is 0 Å². The van der Waals surface area contributed by atoms with Gasteiger partial charge in [0.05, 0.1) is 21.3 Å². The number of rotatable bonds is 6. The molecule has 0 aliphatic carbocycles. The summed E-state index contributed by atoms with van der Waals surface area (Å²) in [7, 11) is 0. The topological polar surface area (TPSA) is 101 Å². The number of anilines is 2. The lowest BCUT2D eigenvalue weighted by Crippen LogP contribution is -2.54. The average Bonchev–Trinajstić information content (AvgIpc) is 3.71. The maximum Gasteiger partial charge on any atom is 0.417 e. The van der Waals surface area contributed by atoms with E-state index in [9.17, 15) is 26.7 Å². The van der Waals surface area contributed by atoms with E-state index in [-0.39, 0.29) is 83.2 Å². The minimum Gasteiger partial charge on any atom is -0.461 e. The van der Waals surface area contributed by atoms with Gasteiger partial charge < -0.3 is 20.3 Å². The summed E-state index contributed by atoms with van der Waals surface area (Å²) in [6.45, 7) is 6.80. The van der Waals surface area contributed by atoms with Gasteiger partial charge in [0, 0.05) is 55.2 Å². The van der Waals surface area contributed by atoms with Gasteiger partial charge in [0.1, 0.15) is 29.9 Å². The van der Waals surface area contributed by atoms with E-state index in [1.807, 2.05) is 4.90 Å². The first-order valence-corrected chi connectivity index (χ1v) is 16.3. The van der Waals surface area contributed by atoms with E-state index in [0.717, 1.165) is 36.0 Å². The fourth-order valence-corrected chi connectivity index (χ4v) is 8.18. The Morgan fingerprint density at radius 2 is 1.96 bits per heavy atom. The number of fused-ring (bicyclic) bond motifs is 3. The highest BCUT2D eigenvalue weighted by Crippen LogP contribution is 2.46. The number of ether oxygens (including phenoxy) is 1. The molecule has 0 radical (unpaired) electrons. The number of halogens is 6. The number of aromatic nitrogens is 3. The van der Waals surface area contributed by atoms with Gasteiger partial charge in [-0.05, 0) is 50.6 Å². The third kappa shape index (κ3) is 5.38. The fourth-order valence-electron chi connectivity index (χ4n) is 7.42. The highest BCUT2D eigenvalue weighted by atomic mass is 32.1. The quantitative estimate of drug-likeness (QED) is 0.195. The second-order valence-corrected chi connectivity index (χ2v) is 13.6. The van der Waals surface area contributed by atoms with Crippen molar-refractivity contribution in [1.82, 2.24) is 24.8 Å². The van der Waals surface area contributed by atoms with Crippen LogP contribution in [0, 0.1) is 11.6 Å². The predicted octanol–water partition coefficient (Wildman–Crippen LogP) is 5.96. The minimum absolute atomic E-state index is 0.00216. The Morgan fingerprint density at radius 1 is 1.17 bits per heavy atom. The summed E-state index contributed by atoms with van der Waals surface area (Å²) in [5, 5.41) is -0.328. The molecule has 3 saturated heterocycles. The third-order valence-electron chi connectivity index (χ3n) is 9.59. The van der Waals surface area contributed by atoms with Crippen LogP contribution in [-0.4, -0.2) is 87.7 Å². The van der Waals surface area contributed by atoms with E-state index in [2.05, 4.69) is 21.5 Å². The summed E-state index contributed by atoms with van der Waals surface area (Å²) in [5.41, 5.74) is 2.01. The number of nitrogen functional groups attached to an aromatic ring is 1. The SMILES string of the molecule is C=CC(=O)N1CCN(c2nc(OC[C@@]34CCCN3C[C@H](F)C4)nc3c(F)c(-c4ccc(F)c5sc(N)nc45)c(C(F)(F)F)cc23)C[C@H]1C. The number of hydrogen-bond acceptors (Lipinski definition) is 9. The van der Waals surface area contributed by atoms with E-state index in [4.69, 9.17) is 10.5 Å². The fraction of sp³-hybridized carbons (Fsp3) is 0.438. The van der Waals surface area contributed by atoms with Crippen LogP contribution in [0.15, 0.2) is 30.9 Å². The Balaban J connectivity index is 1.41. The lowest BCUT2D eigenvalue weighted by Gasteiger charge is -2.40. The molecule has 4 aromatic rings. The van der Waals surface area contributed by atoms with Gasteiger partial charge in [0.2, 0.25) is 5.91 Å². The summed E-state index contributed by atoms with van der Waals surface area (Å²) >= 11 is 0.735. The van der Waals surface area contributed by atoms with Crippen LogP contribution < -0.4 is 15.4 Å². The van der Waals surface area contributed by atoms with E-state index < -0.39 is 52.2 Å². The van der Waals surface area contributed by atoms with Crippen LogP contribution >= 0.6 is 11.3 Å². The molecular weight excluding hydrogens is 660 g/mol. The standard InChI is InChI=1S/C32H31F6N7O2S/c1-3-22(46)45-10-9-43(13-16(45)2)28-19-11-20(32(36,37)38)23(18-5-6-21(34)27-26(18)40-29(39)48-27)24(35)25(19)41-30(42-28)47-15-31-7-4-8-44(31)14-17(33)12-31/h3,5-6,11,16-17H,1,4,7-10,12-15H2,2H3,(H2,39,40)/t16-,17-,31+/m1/s1. The average molecular weight is 692 g/mol. The molecule has 3 fully saturated rings. The summed E-state index contributed by atoms with van der Waals surface area (Å²) in [6, 6.07) is 2.08. The van der Waals surface area contributed by atoms with E-state index >= 15 is 4.39 Å². The van der Waals surface area contributed by atoms with Crippen molar-refractivity contribution in [1.29, 1.82) is 0 Å². The van der Waals surface area contributed by atoms with Crippen LogP contribution in [0.2, 0.25) is 0 Å². The second-order valence-electron chi connectivity index (χ2n) is 12.6. The number of hydrogen-bond donors (Lipinski definition) is 1. The highest BCUT2D eigenvalue weighted by molar-refractivity contribution is 7.22. The Labute approximate surface area is 275 Å². The van der Waals surface area contributed by atoms with Crippen molar-refractivity contribution in [2.75, 3.05) is 50.0 Å². The molecule has 0 bridgehead atoms. The number of benzene rings is 2. The normalized spacial score (nSPS) is 23.3. The lowest BCUT2D eigenvalue weighted by atomic mass is 9.94. The third-order valence-corrected chi connectivity index (χ3v) is 10.5. The van der Waals surface area contributed by atoms with Gasteiger partial charge in [-0.25, -0.2) is 18.2 Å². The van der Waals surface area contributed by atoms with Gasteiger partial charge in [-0.1, -0.05) is 17.9 Å². The van der Waals surface area contributed by atoms with E-state index in [1.54, 1.807) is 16.7 Å².